The number of halogens is 2. The van der Waals surface area contributed by atoms with Crippen molar-refractivity contribution in [2.75, 3.05) is 18.4 Å². The molecule has 0 aromatic heterocycles. The third-order valence-corrected chi connectivity index (χ3v) is 3.74. The van der Waals surface area contributed by atoms with Crippen molar-refractivity contribution < 1.29 is 15.0 Å². The Kier molecular flexibility index (Phi) is 7.61. The van der Waals surface area contributed by atoms with Gasteiger partial charge in [0.25, 0.3) is 0 Å². The normalized spacial score (nSPS) is 13.0. The minimum absolute atomic E-state index is 0.0809. The number of β-amino-alcohol motifs (C(OH)–C–C–N with tert-alkyl or cyclic N) is 1. The molecule has 0 aliphatic heterocycles. The van der Waals surface area contributed by atoms with Crippen LogP contribution in [0.5, 0.6) is 0 Å². The number of aliphatic carboxylic acids is 1. The number of anilines is 1. The maximum atomic E-state index is 10.5. The van der Waals surface area contributed by atoms with Gasteiger partial charge in [-0.2, -0.15) is 0 Å². The minimum Gasteiger partial charge on any atom is -0.481 e. The van der Waals surface area contributed by atoms with E-state index in [0.717, 1.165) is 0 Å². The molecule has 1 aromatic rings. The first kappa shape index (κ1) is 20.0. The zero-order chi connectivity index (χ0) is 17.6. The van der Waals surface area contributed by atoms with Crippen molar-refractivity contribution in [3.05, 3.63) is 27.7 Å². The van der Waals surface area contributed by atoms with E-state index in [9.17, 15) is 9.90 Å². The number of carbonyl (C=O) groups is 1. The molecule has 1 rings (SSSR count). The van der Waals surface area contributed by atoms with Crippen LogP contribution >= 0.6 is 23.2 Å². The molecule has 23 heavy (non-hydrogen) atoms. The van der Waals surface area contributed by atoms with Crippen molar-refractivity contribution in [2.45, 2.75) is 45.3 Å². The van der Waals surface area contributed by atoms with Gasteiger partial charge in [0, 0.05) is 25.0 Å². The summed E-state index contributed by atoms with van der Waals surface area (Å²) >= 11 is 12.4. The number of hydrogen-bond acceptors (Lipinski definition) is 4. The quantitative estimate of drug-likeness (QED) is 0.530. The molecule has 0 saturated heterocycles. The van der Waals surface area contributed by atoms with Crippen molar-refractivity contribution in [3.8, 4) is 0 Å². The van der Waals surface area contributed by atoms with Crippen molar-refractivity contribution in [1.29, 1.82) is 0 Å². The zero-order valence-corrected chi connectivity index (χ0v) is 15.1. The second-order valence-electron chi connectivity index (χ2n) is 6.43. The summed E-state index contributed by atoms with van der Waals surface area (Å²) in [7, 11) is 0. The minimum atomic E-state index is -0.839. The predicted molar refractivity (Wildman–Crippen MR) is 94.5 cm³/mol. The van der Waals surface area contributed by atoms with Crippen molar-refractivity contribution >= 4 is 34.9 Å². The lowest BCUT2D eigenvalue weighted by molar-refractivity contribution is -0.137. The molecule has 0 radical (unpaired) electrons. The van der Waals surface area contributed by atoms with Gasteiger partial charge < -0.3 is 20.8 Å². The zero-order valence-electron chi connectivity index (χ0n) is 13.6. The van der Waals surface area contributed by atoms with Crippen LogP contribution in [-0.4, -0.2) is 34.8 Å². The Labute approximate surface area is 147 Å². The number of aliphatic hydroxyl groups is 1. The summed E-state index contributed by atoms with van der Waals surface area (Å²) in [5.74, 6) is -0.839. The van der Waals surface area contributed by atoms with Gasteiger partial charge in [0.2, 0.25) is 0 Å². The van der Waals surface area contributed by atoms with Gasteiger partial charge in [0.05, 0.1) is 21.8 Å². The van der Waals surface area contributed by atoms with Gasteiger partial charge in [-0.15, -0.1) is 0 Å². The van der Waals surface area contributed by atoms with E-state index in [2.05, 4.69) is 10.6 Å². The van der Waals surface area contributed by atoms with Gasteiger partial charge in [-0.25, -0.2) is 0 Å². The lowest BCUT2D eigenvalue weighted by atomic mass is 10.1. The Morgan fingerprint density at radius 3 is 2.30 bits per heavy atom. The summed E-state index contributed by atoms with van der Waals surface area (Å²) in [6.07, 6.45) is -0.162. The van der Waals surface area contributed by atoms with Crippen molar-refractivity contribution in [3.63, 3.8) is 0 Å². The summed E-state index contributed by atoms with van der Waals surface area (Å²) in [5.41, 5.74) is 1.09. The molecule has 0 aliphatic rings. The fraction of sp³-hybridized carbons (Fsp3) is 0.562. The summed E-state index contributed by atoms with van der Waals surface area (Å²) in [5, 5.41) is 25.9. The number of rotatable bonds is 8. The Morgan fingerprint density at radius 1 is 1.26 bits per heavy atom. The number of hydrogen-bond donors (Lipinski definition) is 4. The first-order chi connectivity index (χ1) is 10.6. The van der Waals surface area contributed by atoms with Gasteiger partial charge in [0.1, 0.15) is 0 Å². The molecule has 4 N–H and O–H groups in total. The Bertz CT molecular complexity index is 522. The first-order valence-corrected chi connectivity index (χ1v) is 8.23. The van der Waals surface area contributed by atoms with Crippen LogP contribution in [0.4, 0.5) is 5.69 Å². The average molecular weight is 363 g/mol. The molecule has 1 aromatic carbocycles. The summed E-state index contributed by atoms with van der Waals surface area (Å²) in [4.78, 5) is 10.5. The molecule has 0 bridgehead atoms. The van der Waals surface area contributed by atoms with Crippen LogP contribution in [0.15, 0.2) is 12.1 Å². The highest BCUT2D eigenvalue weighted by Crippen LogP contribution is 2.33. The summed E-state index contributed by atoms with van der Waals surface area (Å²) in [6.45, 7) is 6.90. The van der Waals surface area contributed by atoms with Crippen LogP contribution in [0.3, 0.4) is 0 Å². The van der Waals surface area contributed by atoms with Gasteiger partial charge in [-0.05, 0) is 44.9 Å². The molecule has 0 spiro atoms. The number of carboxylic acids is 1. The van der Waals surface area contributed by atoms with Crippen LogP contribution in [-0.2, 0) is 4.79 Å². The van der Waals surface area contributed by atoms with Gasteiger partial charge in [0.15, 0.2) is 0 Å². The smallest absolute Gasteiger partial charge is 0.303 e. The monoisotopic (exact) mass is 362 g/mol. The molecule has 130 valence electrons. The highest BCUT2D eigenvalue weighted by molar-refractivity contribution is 6.39. The first-order valence-electron chi connectivity index (χ1n) is 7.48. The predicted octanol–water partition coefficient (Wildman–Crippen LogP) is 3.69. The standard InChI is InChI=1S/C16H24Cl2N2O3/c1-16(2,3)20-9-13(21)10-7-11(17)15(12(18)8-10)19-6-4-5-14(22)23/h7-8,13,19-21H,4-6,9H2,1-3H3,(H,22,23). The molecule has 5 nitrogen and oxygen atoms in total. The van der Waals surface area contributed by atoms with E-state index in [1.54, 1.807) is 12.1 Å². The van der Waals surface area contributed by atoms with E-state index < -0.39 is 12.1 Å². The Balaban J connectivity index is 2.70. The van der Waals surface area contributed by atoms with Crippen molar-refractivity contribution in [1.82, 2.24) is 5.32 Å². The van der Waals surface area contributed by atoms with E-state index in [0.29, 0.717) is 40.8 Å². The molecule has 0 aliphatic carbocycles. The van der Waals surface area contributed by atoms with E-state index in [1.807, 2.05) is 20.8 Å². The van der Waals surface area contributed by atoms with Gasteiger partial charge >= 0.3 is 5.97 Å². The Morgan fingerprint density at radius 2 is 1.83 bits per heavy atom. The molecule has 0 fully saturated rings. The highest BCUT2D eigenvalue weighted by atomic mass is 35.5. The van der Waals surface area contributed by atoms with E-state index in [1.165, 1.54) is 0 Å². The summed E-state index contributed by atoms with van der Waals surface area (Å²) in [6, 6.07) is 3.34. The second-order valence-corrected chi connectivity index (χ2v) is 7.24. The van der Waals surface area contributed by atoms with Crippen LogP contribution in [0.25, 0.3) is 0 Å². The fourth-order valence-electron chi connectivity index (χ4n) is 1.93. The van der Waals surface area contributed by atoms with Gasteiger partial charge in [-0.3, -0.25) is 4.79 Å². The highest BCUT2D eigenvalue weighted by Gasteiger charge is 2.16. The number of aliphatic hydroxyl groups excluding tert-OH is 1. The molecule has 0 heterocycles. The van der Waals surface area contributed by atoms with E-state index >= 15 is 0 Å². The lowest BCUT2D eigenvalue weighted by Crippen LogP contribution is -2.38. The van der Waals surface area contributed by atoms with E-state index in [-0.39, 0.29) is 12.0 Å². The van der Waals surface area contributed by atoms with Gasteiger partial charge in [-0.1, -0.05) is 23.2 Å². The number of nitrogens with one attached hydrogen (secondary N) is 2. The van der Waals surface area contributed by atoms with Crippen LogP contribution < -0.4 is 10.6 Å². The largest absolute Gasteiger partial charge is 0.481 e. The maximum Gasteiger partial charge on any atom is 0.303 e. The lowest BCUT2D eigenvalue weighted by Gasteiger charge is -2.23. The maximum absolute atomic E-state index is 10.5. The van der Waals surface area contributed by atoms with Crippen LogP contribution in [0.2, 0.25) is 10.0 Å². The second kappa shape index (κ2) is 8.73. The molecule has 0 saturated carbocycles. The number of benzene rings is 1. The molecule has 1 atom stereocenters. The molecule has 7 heteroatoms. The van der Waals surface area contributed by atoms with Crippen LogP contribution in [0.1, 0.15) is 45.3 Å². The topological polar surface area (TPSA) is 81.6 Å². The van der Waals surface area contributed by atoms with E-state index in [4.69, 9.17) is 28.3 Å². The fourth-order valence-corrected chi connectivity index (χ4v) is 2.57. The third-order valence-electron chi connectivity index (χ3n) is 3.14. The molecule has 1 unspecified atom stereocenters. The SMILES string of the molecule is CC(C)(C)NCC(O)c1cc(Cl)c(NCCCC(=O)O)c(Cl)c1. The van der Waals surface area contributed by atoms with Crippen molar-refractivity contribution in [2.24, 2.45) is 0 Å². The Hall–Kier alpha value is -1.01. The molecular formula is C16H24Cl2N2O3. The third kappa shape index (κ3) is 7.40. The van der Waals surface area contributed by atoms with Crippen LogP contribution in [0, 0.1) is 0 Å². The number of carboxylic acid groups (broad SMARTS) is 1. The average Bonchev–Trinajstić information content (AvgIpc) is 2.41. The molecule has 0 amide bonds. The summed E-state index contributed by atoms with van der Waals surface area (Å²) < 4.78 is 0. The molecular weight excluding hydrogens is 339 g/mol.